The highest BCUT2D eigenvalue weighted by Gasteiger charge is 2.66. The number of nitrogens with zero attached hydrogens (tertiary/aromatic N) is 3. The maximum atomic E-state index is 10.9. The summed E-state index contributed by atoms with van der Waals surface area (Å²) >= 11 is 0. The first-order valence-corrected chi connectivity index (χ1v) is 6.35. The zero-order valence-corrected chi connectivity index (χ0v) is 11.5. The lowest BCUT2D eigenvalue weighted by Crippen LogP contribution is -2.03. The van der Waals surface area contributed by atoms with E-state index in [9.17, 15) is 4.79 Å². The molecule has 1 aliphatic carbocycles. The molecule has 0 unspecified atom stereocenters. The largest absolute Gasteiger partial charge is 0.478 e. The van der Waals surface area contributed by atoms with E-state index in [1.165, 1.54) is 0 Å². The van der Waals surface area contributed by atoms with Crippen LogP contribution in [0.15, 0.2) is 18.2 Å². The third-order valence-electron chi connectivity index (χ3n) is 4.91. The first-order valence-electron chi connectivity index (χ1n) is 6.35. The minimum absolute atomic E-state index is 0.166. The zero-order valence-electron chi connectivity index (χ0n) is 11.5. The van der Waals surface area contributed by atoms with Gasteiger partial charge in [-0.15, -0.1) is 5.10 Å². The SMILES string of the molecule is CC1(C)C(n2nnc3cc(C(=O)O)ccc32)C1(C)C. The van der Waals surface area contributed by atoms with Gasteiger partial charge < -0.3 is 5.11 Å². The van der Waals surface area contributed by atoms with Gasteiger partial charge in [-0.2, -0.15) is 0 Å². The summed E-state index contributed by atoms with van der Waals surface area (Å²) in [5.41, 5.74) is 2.11. The van der Waals surface area contributed by atoms with E-state index in [1.807, 2.05) is 4.68 Å². The van der Waals surface area contributed by atoms with Gasteiger partial charge in [0.05, 0.1) is 17.1 Å². The van der Waals surface area contributed by atoms with Gasteiger partial charge in [0.2, 0.25) is 0 Å². The number of fused-ring (bicyclic) bond motifs is 1. The fraction of sp³-hybridized carbons (Fsp3) is 0.500. The molecule has 1 heterocycles. The molecular weight excluding hydrogens is 242 g/mol. The van der Waals surface area contributed by atoms with Crippen LogP contribution in [0.25, 0.3) is 11.0 Å². The average molecular weight is 259 g/mol. The summed E-state index contributed by atoms with van der Waals surface area (Å²) in [6.07, 6.45) is 0. The summed E-state index contributed by atoms with van der Waals surface area (Å²) in [5, 5.41) is 17.3. The summed E-state index contributed by atoms with van der Waals surface area (Å²) in [7, 11) is 0. The molecule has 2 aromatic rings. The number of rotatable bonds is 2. The predicted octanol–water partition coefficient (Wildman–Crippen LogP) is 2.74. The molecule has 100 valence electrons. The molecule has 1 aliphatic rings. The number of benzene rings is 1. The Balaban J connectivity index is 2.11. The van der Waals surface area contributed by atoms with E-state index in [1.54, 1.807) is 18.2 Å². The zero-order chi connectivity index (χ0) is 14.0. The normalized spacial score (nSPS) is 20.6. The van der Waals surface area contributed by atoms with Gasteiger partial charge >= 0.3 is 5.97 Å². The van der Waals surface area contributed by atoms with E-state index in [-0.39, 0.29) is 16.4 Å². The second-order valence-electron chi connectivity index (χ2n) is 6.39. The highest BCUT2D eigenvalue weighted by Crippen LogP contribution is 2.71. The Morgan fingerprint density at radius 2 is 1.89 bits per heavy atom. The molecule has 1 saturated carbocycles. The van der Waals surface area contributed by atoms with Gasteiger partial charge in [-0.05, 0) is 29.0 Å². The van der Waals surface area contributed by atoms with Gasteiger partial charge in [0, 0.05) is 0 Å². The molecular formula is C14H17N3O2. The molecule has 1 aromatic carbocycles. The lowest BCUT2D eigenvalue weighted by atomic mass is 10.0. The van der Waals surface area contributed by atoms with Gasteiger partial charge in [-0.25, -0.2) is 9.48 Å². The fourth-order valence-corrected chi connectivity index (χ4v) is 3.04. The molecule has 1 fully saturated rings. The van der Waals surface area contributed by atoms with Crippen LogP contribution in [0.4, 0.5) is 0 Å². The van der Waals surface area contributed by atoms with E-state index in [2.05, 4.69) is 38.0 Å². The number of carboxylic acid groups (broad SMARTS) is 1. The lowest BCUT2D eigenvalue weighted by molar-refractivity contribution is 0.0697. The molecule has 5 heteroatoms. The lowest BCUT2D eigenvalue weighted by Gasteiger charge is -2.03. The molecule has 5 nitrogen and oxygen atoms in total. The van der Waals surface area contributed by atoms with Crippen LogP contribution in [0.3, 0.4) is 0 Å². The molecule has 0 bridgehead atoms. The topological polar surface area (TPSA) is 68.0 Å². The number of carboxylic acids is 1. The molecule has 0 aliphatic heterocycles. The average Bonchev–Trinajstić information content (AvgIpc) is 2.64. The summed E-state index contributed by atoms with van der Waals surface area (Å²) in [4.78, 5) is 10.9. The second kappa shape index (κ2) is 3.35. The predicted molar refractivity (Wildman–Crippen MR) is 71.1 cm³/mol. The maximum absolute atomic E-state index is 10.9. The van der Waals surface area contributed by atoms with Crippen molar-refractivity contribution in [3.63, 3.8) is 0 Å². The quantitative estimate of drug-likeness (QED) is 0.900. The number of hydrogen-bond donors (Lipinski definition) is 1. The van der Waals surface area contributed by atoms with Crippen molar-refractivity contribution in [1.82, 2.24) is 15.0 Å². The fourth-order valence-electron chi connectivity index (χ4n) is 3.04. The Morgan fingerprint density at radius 1 is 1.26 bits per heavy atom. The molecule has 1 N–H and O–H groups in total. The van der Waals surface area contributed by atoms with Gasteiger partial charge in [-0.3, -0.25) is 0 Å². The van der Waals surface area contributed by atoms with Gasteiger partial charge in [-0.1, -0.05) is 32.9 Å². The first-order chi connectivity index (χ1) is 8.76. The van der Waals surface area contributed by atoms with Crippen molar-refractivity contribution in [3.8, 4) is 0 Å². The molecule has 0 atom stereocenters. The Labute approximate surface area is 111 Å². The highest BCUT2D eigenvalue weighted by atomic mass is 16.4. The molecule has 0 radical (unpaired) electrons. The van der Waals surface area contributed by atoms with Crippen LogP contribution >= 0.6 is 0 Å². The Bertz CT molecular complexity index is 671. The van der Waals surface area contributed by atoms with Crippen molar-refractivity contribution < 1.29 is 9.90 Å². The van der Waals surface area contributed by atoms with E-state index >= 15 is 0 Å². The van der Waals surface area contributed by atoms with Crippen LogP contribution in [-0.4, -0.2) is 26.1 Å². The van der Waals surface area contributed by atoms with Crippen molar-refractivity contribution in [3.05, 3.63) is 23.8 Å². The number of aromatic carboxylic acids is 1. The van der Waals surface area contributed by atoms with Crippen molar-refractivity contribution in [2.75, 3.05) is 0 Å². The van der Waals surface area contributed by atoms with Crippen molar-refractivity contribution in [2.45, 2.75) is 33.7 Å². The maximum Gasteiger partial charge on any atom is 0.335 e. The molecule has 0 spiro atoms. The summed E-state index contributed by atoms with van der Waals surface area (Å²) in [6, 6.07) is 5.26. The Kier molecular flexibility index (Phi) is 2.14. The number of hydrogen-bond acceptors (Lipinski definition) is 3. The van der Waals surface area contributed by atoms with Crippen LogP contribution in [0.5, 0.6) is 0 Å². The standard InChI is InChI=1S/C14H17N3O2/c1-13(2)12(14(13,3)4)17-10-6-5-8(11(18)19)7-9(10)15-16-17/h5-7,12H,1-4H3,(H,18,19). The molecule has 3 rings (SSSR count). The van der Waals surface area contributed by atoms with Crippen LogP contribution in [-0.2, 0) is 0 Å². The first kappa shape index (κ1) is 12.1. The monoisotopic (exact) mass is 259 g/mol. The van der Waals surface area contributed by atoms with Crippen LogP contribution in [0.1, 0.15) is 44.1 Å². The van der Waals surface area contributed by atoms with Gasteiger partial charge in [0.15, 0.2) is 0 Å². The van der Waals surface area contributed by atoms with Crippen molar-refractivity contribution in [2.24, 2.45) is 10.8 Å². The Hall–Kier alpha value is -1.91. The highest BCUT2D eigenvalue weighted by molar-refractivity contribution is 5.92. The summed E-state index contributed by atoms with van der Waals surface area (Å²) in [6.45, 7) is 8.88. The van der Waals surface area contributed by atoms with Gasteiger partial charge in [0.1, 0.15) is 5.52 Å². The van der Waals surface area contributed by atoms with E-state index in [0.717, 1.165) is 5.52 Å². The smallest absolute Gasteiger partial charge is 0.335 e. The summed E-state index contributed by atoms with van der Waals surface area (Å²) in [5.74, 6) is -0.941. The minimum Gasteiger partial charge on any atom is -0.478 e. The van der Waals surface area contributed by atoms with Crippen LogP contribution < -0.4 is 0 Å². The Morgan fingerprint density at radius 3 is 2.42 bits per heavy atom. The minimum atomic E-state index is -0.941. The number of carbonyl (C=O) groups is 1. The summed E-state index contributed by atoms with van der Waals surface area (Å²) < 4.78 is 1.93. The van der Waals surface area contributed by atoms with Gasteiger partial charge in [0.25, 0.3) is 0 Å². The van der Waals surface area contributed by atoms with E-state index < -0.39 is 5.97 Å². The van der Waals surface area contributed by atoms with Crippen molar-refractivity contribution >= 4 is 17.0 Å². The third-order valence-corrected chi connectivity index (χ3v) is 4.91. The van der Waals surface area contributed by atoms with E-state index in [4.69, 9.17) is 5.11 Å². The molecule has 0 amide bonds. The van der Waals surface area contributed by atoms with Crippen LogP contribution in [0, 0.1) is 10.8 Å². The molecule has 19 heavy (non-hydrogen) atoms. The van der Waals surface area contributed by atoms with Crippen molar-refractivity contribution in [1.29, 1.82) is 0 Å². The second-order valence-corrected chi connectivity index (χ2v) is 6.39. The molecule has 0 saturated heterocycles. The van der Waals surface area contributed by atoms with E-state index in [0.29, 0.717) is 11.6 Å². The van der Waals surface area contributed by atoms with Crippen LogP contribution in [0.2, 0.25) is 0 Å². The number of aromatic nitrogens is 3. The third kappa shape index (κ3) is 1.44. The molecule has 1 aromatic heterocycles.